The van der Waals surface area contributed by atoms with Crippen LogP contribution in [0.3, 0.4) is 0 Å². The first-order valence-electron chi connectivity index (χ1n) is 5.77. The summed E-state index contributed by atoms with van der Waals surface area (Å²) in [5.74, 6) is -0.754. The molecule has 7 nitrogen and oxygen atoms in total. The summed E-state index contributed by atoms with van der Waals surface area (Å²) in [6.07, 6.45) is -2.91. The lowest BCUT2D eigenvalue weighted by Gasteiger charge is -2.17. The number of esters is 1. The van der Waals surface area contributed by atoms with Crippen LogP contribution in [0.1, 0.15) is 5.56 Å². The van der Waals surface area contributed by atoms with Crippen molar-refractivity contribution < 1.29 is 19.4 Å². The van der Waals surface area contributed by atoms with E-state index < -0.39 is 24.3 Å². The average molecular weight is 263 g/mol. The molecule has 1 saturated heterocycles. The van der Waals surface area contributed by atoms with Crippen molar-refractivity contribution in [2.75, 3.05) is 6.54 Å². The predicted octanol–water partition coefficient (Wildman–Crippen LogP) is 1.17. The Morgan fingerprint density at radius 1 is 1.42 bits per heavy atom. The largest absolute Gasteiger partial charge is 0.457 e. The number of carbonyl (C=O) groups excluding carboxylic acids is 1. The van der Waals surface area contributed by atoms with Crippen molar-refractivity contribution in [3.8, 4) is 0 Å². The van der Waals surface area contributed by atoms with Crippen LogP contribution in [0, 0.1) is 0 Å². The minimum atomic E-state index is -1.34. The second kappa shape index (κ2) is 6.19. The van der Waals surface area contributed by atoms with Crippen LogP contribution in [0.25, 0.3) is 10.4 Å². The van der Waals surface area contributed by atoms with Crippen molar-refractivity contribution in [3.05, 3.63) is 46.3 Å². The fourth-order valence-electron chi connectivity index (χ4n) is 1.85. The lowest BCUT2D eigenvalue weighted by atomic mass is 10.1. The zero-order valence-electron chi connectivity index (χ0n) is 10.0. The molecule has 0 bridgehead atoms. The van der Waals surface area contributed by atoms with Gasteiger partial charge in [-0.3, -0.25) is 0 Å². The molecular weight excluding hydrogens is 250 g/mol. The van der Waals surface area contributed by atoms with Crippen molar-refractivity contribution in [3.63, 3.8) is 0 Å². The van der Waals surface area contributed by atoms with Crippen molar-refractivity contribution in [1.29, 1.82) is 0 Å². The summed E-state index contributed by atoms with van der Waals surface area (Å²) in [5, 5.41) is 13.0. The van der Waals surface area contributed by atoms with E-state index >= 15 is 0 Å². The van der Waals surface area contributed by atoms with E-state index in [1.54, 1.807) is 0 Å². The molecule has 1 aromatic rings. The molecule has 0 saturated carbocycles. The molecule has 2 rings (SSSR count). The topological polar surface area (TPSA) is 105 Å². The predicted molar refractivity (Wildman–Crippen MR) is 64.9 cm³/mol. The van der Waals surface area contributed by atoms with Crippen molar-refractivity contribution in [2.45, 2.75) is 24.9 Å². The van der Waals surface area contributed by atoms with E-state index in [4.69, 9.17) is 15.0 Å². The van der Waals surface area contributed by atoms with Gasteiger partial charge < -0.3 is 14.6 Å². The van der Waals surface area contributed by atoms with Crippen LogP contribution < -0.4 is 0 Å². The number of nitrogens with zero attached hydrogens (tertiary/aromatic N) is 3. The van der Waals surface area contributed by atoms with Gasteiger partial charge in [-0.2, -0.15) is 0 Å². The summed E-state index contributed by atoms with van der Waals surface area (Å²) >= 11 is 0. The maximum absolute atomic E-state index is 11.3. The van der Waals surface area contributed by atoms with Gasteiger partial charge in [0.2, 0.25) is 0 Å². The highest BCUT2D eigenvalue weighted by atomic mass is 16.6. The number of hydrogen-bond donors (Lipinski definition) is 1. The Morgan fingerprint density at radius 3 is 2.84 bits per heavy atom. The van der Waals surface area contributed by atoms with Gasteiger partial charge in [-0.05, 0) is 11.1 Å². The lowest BCUT2D eigenvalue weighted by molar-refractivity contribution is -0.147. The van der Waals surface area contributed by atoms with Crippen LogP contribution in [0.15, 0.2) is 35.4 Å². The minimum absolute atomic E-state index is 0.0568. The molecule has 1 fully saturated rings. The van der Waals surface area contributed by atoms with E-state index in [0.717, 1.165) is 5.56 Å². The highest BCUT2D eigenvalue weighted by Gasteiger charge is 2.44. The van der Waals surface area contributed by atoms with Gasteiger partial charge in [0, 0.05) is 4.91 Å². The molecule has 19 heavy (non-hydrogen) atoms. The molecule has 1 aliphatic rings. The molecule has 100 valence electrons. The maximum atomic E-state index is 11.3. The quantitative estimate of drug-likeness (QED) is 0.372. The monoisotopic (exact) mass is 263 g/mol. The van der Waals surface area contributed by atoms with E-state index in [0.29, 0.717) is 0 Å². The number of azide groups is 1. The Morgan fingerprint density at radius 2 is 2.16 bits per heavy atom. The van der Waals surface area contributed by atoms with Gasteiger partial charge in [0.1, 0.15) is 12.2 Å². The maximum Gasteiger partial charge on any atom is 0.338 e. The van der Waals surface area contributed by atoms with E-state index in [-0.39, 0.29) is 13.2 Å². The number of aliphatic hydroxyl groups is 1. The summed E-state index contributed by atoms with van der Waals surface area (Å²) in [6.45, 7) is 0.185. The van der Waals surface area contributed by atoms with Crippen LogP contribution in [-0.4, -0.2) is 35.9 Å². The number of carbonyl (C=O) groups is 1. The lowest BCUT2D eigenvalue weighted by Crippen LogP contribution is -2.35. The molecule has 3 atom stereocenters. The van der Waals surface area contributed by atoms with Gasteiger partial charge in [-0.15, -0.1) is 0 Å². The molecule has 0 aromatic heterocycles. The standard InChI is InChI=1S/C12H13N3O4/c13-15-14-6-9-11(10(16)12(17)19-9)18-7-8-4-2-1-3-5-8/h1-5,9-11,16H,6-7H2/t9-,10+,11-/m0/s1. The van der Waals surface area contributed by atoms with Crippen LogP contribution in [-0.2, 0) is 20.9 Å². The van der Waals surface area contributed by atoms with E-state index in [2.05, 4.69) is 10.0 Å². The molecular formula is C12H13N3O4. The van der Waals surface area contributed by atoms with Gasteiger partial charge in [0.15, 0.2) is 6.10 Å². The number of rotatable bonds is 5. The molecule has 0 radical (unpaired) electrons. The fourth-order valence-corrected chi connectivity index (χ4v) is 1.85. The zero-order chi connectivity index (χ0) is 13.7. The van der Waals surface area contributed by atoms with Gasteiger partial charge in [0.25, 0.3) is 0 Å². The van der Waals surface area contributed by atoms with Gasteiger partial charge in [-0.1, -0.05) is 35.4 Å². The Balaban J connectivity index is 1.99. The van der Waals surface area contributed by atoms with Gasteiger partial charge in [0.05, 0.1) is 13.2 Å². The number of hydrogen-bond acceptors (Lipinski definition) is 5. The first kappa shape index (κ1) is 13.4. The summed E-state index contributed by atoms with van der Waals surface area (Å²) < 4.78 is 10.4. The first-order chi connectivity index (χ1) is 9.22. The Hall–Kier alpha value is -2.08. The number of aliphatic hydroxyl groups excluding tert-OH is 1. The third kappa shape index (κ3) is 3.23. The Labute approximate surface area is 109 Å². The second-order valence-corrected chi connectivity index (χ2v) is 4.09. The van der Waals surface area contributed by atoms with Crippen LogP contribution in [0.4, 0.5) is 0 Å². The average Bonchev–Trinajstić information content (AvgIpc) is 2.71. The van der Waals surface area contributed by atoms with Crippen molar-refractivity contribution in [2.24, 2.45) is 5.11 Å². The fraction of sp³-hybridized carbons (Fsp3) is 0.417. The summed E-state index contributed by atoms with van der Waals surface area (Å²) in [5.41, 5.74) is 9.18. The van der Waals surface area contributed by atoms with Crippen molar-refractivity contribution in [1.82, 2.24) is 0 Å². The Bertz CT molecular complexity index is 485. The highest BCUT2D eigenvalue weighted by Crippen LogP contribution is 2.21. The number of cyclic esters (lactones) is 1. The molecule has 0 amide bonds. The van der Waals surface area contributed by atoms with Gasteiger partial charge in [-0.25, -0.2) is 4.79 Å². The third-order valence-electron chi connectivity index (χ3n) is 2.80. The van der Waals surface area contributed by atoms with E-state index in [9.17, 15) is 9.90 Å². The number of ether oxygens (including phenoxy) is 2. The zero-order valence-corrected chi connectivity index (χ0v) is 10.0. The second-order valence-electron chi connectivity index (χ2n) is 4.09. The minimum Gasteiger partial charge on any atom is -0.457 e. The van der Waals surface area contributed by atoms with Crippen molar-refractivity contribution >= 4 is 5.97 Å². The SMILES string of the molecule is [N-]=[N+]=NC[C@@H]1OC(=O)[C@H](O)[C@H]1OCc1ccccc1. The van der Waals surface area contributed by atoms with E-state index in [1.807, 2.05) is 30.3 Å². The molecule has 0 aliphatic carbocycles. The van der Waals surface area contributed by atoms with E-state index in [1.165, 1.54) is 0 Å². The Kier molecular flexibility index (Phi) is 4.35. The molecule has 7 heteroatoms. The van der Waals surface area contributed by atoms with Crippen LogP contribution >= 0.6 is 0 Å². The summed E-state index contributed by atoms with van der Waals surface area (Å²) in [6, 6.07) is 9.34. The van der Waals surface area contributed by atoms with Gasteiger partial charge >= 0.3 is 5.97 Å². The van der Waals surface area contributed by atoms with Crippen LogP contribution in [0.2, 0.25) is 0 Å². The molecule has 1 heterocycles. The normalized spacial score (nSPS) is 25.7. The number of benzene rings is 1. The smallest absolute Gasteiger partial charge is 0.338 e. The molecule has 1 N–H and O–H groups in total. The first-order valence-corrected chi connectivity index (χ1v) is 5.77. The molecule has 1 aromatic carbocycles. The summed E-state index contributed by atoms with van der Waals surface area (Å²) in [4.78, 5) is 13.9. The molecule has 0 spiro atoms. The third-order valence-corrected chi connectivity index (χ3v) is 2.80. The summed E-state index contributed by atoms with van der Waals surface area (Å²) in [7, 11) is 0. The molecule has 1 aliphatic heterocycles. The highest BCUT2D eigenvalue weighted by molar-refractivity contribution is 5.77. The molecule has 0 unspecified atom stereocenters. The van der Waals surface area contributed by atoms with Crippen LogP contribution in [0.5, 0.6) is 0 Å².